The van der Waals surface area contributed by atoms with Crippen LogP contribution in [-0.4, -0.2) is 70.3 Å². The highest BCUT2D eigenvalue weighted by molar-refractivity contribution is 5.97. The summed E-state index contributed by atoms with van der Waals surface area (Å²) in [6.45, 7) is 2.20. The smallest absolute Gasteiger partial charge is 0.417 e. The molecule has 0 saturated carbocycles. The Balaban J connectivity index is 1.21. The van der Waals surface area contributed by atoms with Crippen molar-refractivity contribution in [2.75, 3.05) is 33.3 Å². The average Bonchev–Trinajstić information content (AvgIpc) is 3.48. The standard InChI is InChI=1S/C26H26F3N5O3/c1-37-20-5-2-16(21(13-20)26(27,28)29)4-7-24(35)33-10-8-18-14-34(15-19(18)9-11-33)25(36)17-3-6-22-23(12-17)31-32-30-22/h2-7,12-13,18-19H,8-11,14-15H2,1H3,(H,30,31,32). The molecule has 3 heterocycles. The van der Waals surface area contributed by atoms with Gasteiger partial charge in [0.2, 0.25) is 5.91 Å². The molecule has 8 nitrogen and oxygen atoms in total. The van der Waals surface area contributed by atoms with E-state index in [4.69, 9.17) is 4.74 Å². The first-order valence-electron chi connectivity index (χ1n) is 12.0. The summed E-state index contributed by atoms with van der Waals surface area (Å²) in [6.07, 6.45) is -0.697. The molecule has 0 radical (unpaired) electrons. The van der Waals surface area contributed by atoms with Gasteiger partial charge in [-0.05, 0) is 66.6 Å². The Kier molecular flexibility index (Phi) is 6.61. The van der Waals surface area contributed by atoms with Crippen LogP contribution in [0.4, 0.5) is 13.2 Å². The number of amides is 2. The Morgan fingerprint density at radius 2 is 1.70 bits per heavy atom. The molecule has 0 bridgehead atoms. The van der Waals surface area contributed by atoms with E-state index in [2.05, 4.69) is 15.4 Å². The monoisotopic (exact) mass is 513 g/mol. The highest BCUT2D eigenvalue weighted by Gasteiger charge is 2.38. The van der Waals surface area contributed by atoms with Crippen molar-refractivity contribution in [3.8, 4) is 5.75 Å². The zero-order valence-corrected chi connectivity index (χ0v) is 20.2. The molecule has 2 aliphatic heterocycles. The molecule has 5 rings (SSSR count). The van der Waals surface area contributed by atoms with E-state index in [-0.39, 0.29) is 35.0 Å². The van der Waals surface area contributed by atoms with Gasteiger partial charge in [-0.15, -0.1) is 0 Å². The topological polar surface area (TPSA) is 91.4 Å². The van der Waals surface area contributed by atoms with Gasteiger partial charge in [-0.1, -0.05) is 6.07 Å². The lowest BCUT2D eigenvalue weighted by molar-refractivity contribution is -0.137. The number of rotatable bonds is 4. The summed E-state index contributed by atoms with van der Waals surface area (Å²) in [6, 6.07) is 8.90. The molecule has 2 aromatic carbocycles. The number of alkyl halides is 3. The molecule has 1 aromatic heterocycles. The van der Waals surface area contributed by atoms with Gasteiger partial charge in [0.25, 0.3) is 5.91 Å². The number of hydrogen-bond donors (Lipinski definition) is 1. The zero-order valence-electron chi connectivity index (χ0n) is 20.2. The number of fused-ring (bicyclic) bond motifs is 2. The predicted molar refractivity (Wildman–Crippen MR) is 130 cm³/mol. The van der Waals surface area contributed by atoms with Crippen LogP contribution < -0.4 is 4.74 Å². The van der Waals surface area contributed by atoms with E-state index in [1.807, 2.05) is 4.90 Å². The molecule has 1 N–H and O–H groups in total. The van der Waals surface area contributed by atoms with Crippen molar-refractivity contribution in [3.05, 3.63) is 59.2 Å². The second kappa shape index (κ2) is 9.87. The number of ether oxygens (including phenoxy) is 1. The van der Waals surface area contributed by atoms with Crippen LogP contribution in [0.1, 0.15) is 34.3 Å². The van der Waals surface area contributed by atoms with Crippen LogP contribution in [0, 0.1) is 11.8 Å². The number of benzene rings is 2. The summed E-state index contributed by atoms with van der Waals surface area (Å²) in [5.41, 5.74) is 0.957. The van der Waals surface area contributed by atoms with Crippen LogP contribution in [0.25, 0.3) is 17.1 Å². The number of aromatic amines is 1. The maximum Gasteiger partial charge on any atom is 0.417 e. The number of carbonyl (C=O) groups is 2. The van der Waals surface area contributed by atoms with Gasteiger partial charge in [-0.3, -0.25) is 9.59 Å². The molecular formula is C26H26F3N5O3. The molecule has 11 heteroatoms. The number of halogens is 3. The van der Waals surface area contributed by atoms with Crippen LogP contribution in [0.3, 0.4) is 0 Å². The van der Waals surface area contributed by atoms with Gasteiger partial charge in [0.15, 0.2) is 0 Å². The molecule has 2 amide bonds. The quantitative estimate of drug-likeness (QED) is 0.533. The van der Waals surface area contributed by atoms with Crippen molar-refractivity contribution in [2.45, 2.75) is 19.0 Å². The fourth-order valence-corrected chi connectivity index (χ4v) is 5.21. The van der Waals surface area contributed by atoms with E-state index >= 15 is 0 Å². The first-order valence-corrected chi connectivity index (χ1v) is 12.0. The first-order chi connectivity index (χ1) is 17.7. The summed E-state index contributed by atoms with van der Waals surface area (Å²) in [7, 11) is 1.30. The number of nitrogens with zero attached hydrogens (tertiary/aromatic N) is 4. The van der Waals surface area contributed by atoms with Crippen LogP contribution in [0.2, 0.25) is 0 Å². The van der Waals surface area contributed by atoms with E-state index in [1.54, 1.807) is 23.1 Å². The van der Waals surface area contributed by atoms with Crippen molar-refractivity contribution < 1.29 is 27.5 Å². The van der Waals surface area contributed by atoms with Gasteiger partial charge in [0.05, 0.1) is 12.7 Å². The van der Waals surface area contributed by atoms with Crippen LogP contribution in [0.5, 0.6) is 5.75 Å². The lowest BCUT2D eigenvalue weighted by atomic mass is 9.92. The van der Waals surface area contributed by atoms with E-state index in [9.17, 15) is 22.8 Å². The van der Waals surface area contributed by atoms with Crippen LogP contribution in [0.15, 0.2) is 42.5 Å². The second-order valence-electron chi connectivity index (χ2n) is 9.44. The molecule has 2 fully saturated rings. The summed E-state index contributed by atoms with van der Waals surface area (Å²) in [5, 5.41) is 10.6. The molecular weight excluding hydrogens is 487 g/mol. The summed E-state index contributed by atoms with van der Waals surface area (Å²) in [5.74, 6) is 0.257. The SMILES string of the molecule is COc1ccc(C=CC(=O)N2CCC3CN(C(=O)c4ccc5n[nH]nc5c4)CC3CC2)c(C(F)(F)F)c1. The molecule has 0 aliphatic carbocycles. The van der Waals surface area contributed by atoms with Crippen LogP contribution in [-0.2, 0) is 11.0 Å². The van der Waals surface area contributed by atoms with Gasteiger partial charge < -0.3 is 14.5 Å². The fraction of sp³-hybridized carbons (Fsp3) is 0.385. The molecule has 2 saturated heterocycles. The van der Waals surface area contributed by atoms with Gasteiger partial charge in [0, 0.05) is 37.8 Å². The maximum atomic E-state index is 13.5. The number of aromatic nitrogens is 3. The molecule has 2 atom stereocenters. The van der Waals surface area contributed by atoms with E-state index in [0.717, 1.165) is 18.9 Å². The van der Waals surface area contributed by atoms with Gasteiger partial charge in [-0.2, -0.15) is 28.6 Å². The third-order valence-electron chi connectivity index (χ3n) is 7.25. The molecule has 194 valence electrons. The second-order valence-corrected chi connectivity index (χ2v) is 9.44. The lowest BCUT2D eigenvalue weighted by Crippen LogP contribution is -2.33. The molecule has 3 aromatic rings. The normalized spacial score (nSPS) is 20.3. The minimum absolute atomic E-state index is 0.0474. The molecule has 2 unspecified atom stereocenters. The Labute approximate surface area is 211 Å². The Bertz CT molecular complexity index is 1340. The van der Waals surface area contributed by atoms with E-state index < -0.39 is 11.7 Å². The van der Waals surface area contributed by atoms with Gasteiger partial charge in [0.1, 0.15) is 16.8 Å². The predicted octanol–water partition coefficient (Wildman–Crippen LogP) is 4.01. The zero-order chi connectivity index (χ0) is 26.2. The fourth-order valence-electron chi connectivity index (χ4n) is 5.21. The highest BCUT2D eigenvalue weighted by atomic mass is 19.4. The third-order valence-corrected chi connectivity index (χ3v) is 7.25. The number of nitrogens with one attached hydrogen (secondary N) is 1. The molecule has 2 aliphatic rings. The molecule has 37 heavy (non-hydrogen) atoms. The van der Waals surface area contributed by atoms with Crippen molar-refractivity contribution in [2.24, 2.45) is 11.8 Å². The largest absolute Gasteiger partial charge is 0.497 e. The van der Waals surface area contributed by atoms with E-state index in [1.165, 1.54) is 31.4 Å². The van der Waals surface area contributed by atoms with Crippen molar-refractivity contribution in [3.63, 3.8) is 0 Å². The number of methoxy groups -OCH3 is 1. The lowest BCUT2D eigenvalue weighted by Gasteiger charge is -2.21. The Morgan fingerprint density at radius 3 is 2.38 bits per heavy atom. The summed E-state index contributed by atoms with van der Waals surface area (Å²) < 4.78 is 45.3. The number of H-pyrrole nitrogens is 1. The first kappa shape index (κ1) is 24.8. The minimum Gasteiger partial charge on any atom is -0.497 e. The number of carbonyl (C=O) groups excluding carboxylic acids is 2. The number of likely N-dealkylation sites (tertiary alicyclic amines) is 2. The highest BCUT2D eigenvalue weighted by Crippen LogP contribution is 2.35. The van der Waals surface area contributed by atoms with Crippen molar-refractivity contribution >= 4 is 28.9 Å². The Hall–Kier alpha value is -3.89. The van der Waals surface area contributed by atoms with Gasteiger partial charge in [-0.25, -0.2) is 0 Å². The van der Waals surface area contributed by atoms with Crippen LogP contribution >= 0.6 is 0 Å². The number of hydrogen-bond acceptors (Lipinski definition) is 5. The van der Waals surface area contributed by atoms with Crippen molar-refractivity contribution in [1.29, 1.82) is 0 Å². The maximum absolute atomic E-state index is 13.5. The summed E-state index contributed by atoms with van der Waals surface area (Å²) in [4.78, 5) is 29.4. The minimum atomic E-state index is -4.57. The average molecular weight is 514 g/mol. The third kappa shape index (κ3) is 5.16. The van der Waals surface area contributed by atoms with Crippen molar-refractivity contribution in [1.82, 2.24) is 25.2 Å². The van der Waals surface area contributed by atoms with E-state index in [0.29, 0.717) is 42.8 Å². The Morgan fingerprint density at radius 1 is 1.00 bits per heavy atom. The van der Waals surface area contributed by atoms with Gasteiger partial charge >= 0.3 is 6.18 Å². The summed E-state index contributed by atoms with van der Waals surface area (Å²) >= 11 is 0. The molecule has 0 spiro atoms.